The van der Waals surface area contributed by atoms with Crippen LogP contribution < -0.4 is 5.32 Å². The van der Waals surface area contributed by atoms with E-state index in [4.69, 9.17) is 0 Å². The van der Waals surface area contributed by atoms with Crippen LogP contribution in [0.25, 0.3) is 0 Å². The number of fused-ring (bicyclic) bond motifs is 1. The van der Waals surface area contributed by atoms with Gasteiger partial charge in [0.05, 0.1) is 25.5 Å². The minimum atomic E-state index is -0.541. The van der Waals surface area contributed by atoms with Gasteiger partial charge in [-0.1, -0.05) is 6.07 Å². The number of hydrogen-bond donors (Lipinski definition) is 1. The smallest absolute Gasteiger partial charge is 0.347 e. The van der Waals surface area contributed by atoms with Crippen molar-refractivity contribution >= 4 is 46.0 Å². The number of nitrogens with zero attached hydrogens (tertiary/aromatic N) is 2. The number of amides is 4. The number of imide groups is 1. The SMILES string of the molecule is CN1C(=O)C2C=C(C(=O)NCc3cccs3)SC2=[N+](C)C1=O. The van der Waals surface area contributed by atoms with Gasteiger partial charge >= 0.3 is 11.9 Å². The molecule has 4 amide bonds. The zero-order valence-electron chi connectivity index (χ0n) is 12.0. The first-order valence-corrected chi connectivity index (χ1v) is 8.31. The Morgan fingerprint density at radius 3 is 2.91 bits per heavy atom. The fraction of sp³-hybridized carbons (Fsp3) is 0.286. The van der Waals surface area contributed by atoms with Crippen molar-refractivity contribution in [2.75, 3.05) is 14.1 Å². The van der Waals surface area contributed by atoms with E-state index in [0.717, 1.165) is 9.78 Å². The van der Waals surface area contributed by atoms with Gasteiger partial charge in [0.15, 0.2) is 5.04 Å². The second-order valence-electron chi connectivity index (χ2n) is 4.95. The first-order valence-electron chi connectivity index (χ1n) is 6.61. The Balaban J connectivity index is 1.76. The summed E-state index contributed by atoms with van der Waals surface area (Å²) in [6.45, 7) is 0.455. The van der Waals surface area contributed by atoms with Crippen LogP contribution in [-0.2, 0) is 16.1 Å². The molecule has 0 bridgehead atoms. The van der Waals surface area contributed by atoms with Gasteiger partial charge < -0.3 is 5.32 Å². The predicted octanol–water partition coefficient (Wildman–Crippen LogP) is 1.24. The van der Waals surface area contributed by atoms with Crippen LogP contribution in [0.15, 0.2) is 28.5 Å². The molecule has 1 atom stereocenters. The number of carbonyl (C=O) groups is 3. The minimum absolute atomic E-state index is 0.225. The van der Waals surface area contributed by atoms with E-state index in [1.165, 1.54) is 23.4 Å². The lowest BCUT2D eigenvalue weighted by Crippen LogP contribution is -2.49. The lowest BCUT2D eigenvalue weighted by Gasteiger charge is -2.18. The molecule has 1 N–H and O–H groups in total. The van der Waals surface area contributed by atoms with Crippen molar-refractivity contribution in [3.63, 3.8) is 0 Å². The second-order valence-corrected chi connectivity index (χ2v) is 7.04. The molecule has 1 unspecified atom stereocenters. The van der Waals surface area contributed by atoms with Crippen molar-refractivity contribution in [3.05, 3.63) is 33.4 Å². The van der Waals surface area contributed by atoms with Crippen molar-refractivity contribution in [2.45, 2.75) is 6.54 Å². The molecular weight excluding hydrogens is 322 g/mol. The Morgan fingerprint density at radius 1 is 1.45 bits per heavy atom. The van der Waals surface area contributed by atoms with Crippen LogP contribution in [0.4, 0.5) is 4.79 Å². The predicted molar refractivity (Wildman–Crippen MR) is 84.7 cm³/mol. The van der Waals surface area contributed by atoms with Gasteiger partial charge in [0, 0.05) is 4.88 Å². The molecule has 0 saturated heterocycles. The first-order chi connectivity index (χ1) is 10.5. The standard InChI is InChI=1S/C14H13N3O3S2/c1-16-12(19)9-6-10(22-13(9)17(2)14(16)20)11(18)15-7-8-4-3-5-21-8/h3-6,9H,7H2,1-2H3/p+1. The maximum atomic E-state index is 12.2. The molecular formula is C14H14N3O3S2+. The van der Waals surface area contributed by atoms with Gasteiger partial charge in [-0.25, -0.2) is 4.79 Å². The Bertz CT molecular complexity index is 722. The van der Waals surface area contributed by atoms with E-state index in [-0.39, 0.29) is 17.8 Å². The maximum Gasteiger partial charge on any atom is 0.500 e. The van der Waals surface area contributed by atoms with E-state index < -0.39 is 5.92 Å². The number of nitrogens with one attached hydrogen (secondary N) is 1. The van der Waals surface area contributed by atoms with Crippen LogP contribution in [0, 0.1) is 5.92 Å². The van der Waals surface area contributed by atoms with Crippen molar-refractivity contribution in [1.82, 2.24) is 10.2 Å². The topological polar surface area (TPSA) is 69.5 Å². The minimum Gasteiger partial charge on any atom is -0.347 e. The fourth-order valence-corrected chi connectivity index (χ4v) is 4.05. The van der Waals surface area contributed by atoms with E-state index in [1.807, 2.05) is 17.5 Å². The van der Waals surface area contributed by atoms with Gasteiger partial charge in [0.25, 0.3) is 5.91 Å². The van der Waals surface area contributed by atoms with Crippen LogP contribution >= 0.6 is 23.1 Å². The van der Waals surface area contributed by atoms with E-state index in [9.17, 15) is 14.4 Å². The molecule has 0 fully saturated rings. The summed E-state index contributed by atoms with van der Waals surface area (Å²) in [5.74, 6) is -1.07. The van der Waals surface area contributed by atoms with Gasteiger partial charge in [-0.15, -0.1) is 11.3 Å². The number of thiophene rings is 1. The van der Waals surface area contributed by atoms with E-state index in [2.05, 4.69) is 5.32 Å². The van der Waals surface area contributed by atoms with Gasteiger partial charge in [-0.2, -0.15) is 14.3 Å². The summed E-state index contributed by atoms with van der Waals surface area (Å²) in [6.07, 6.45) is 1.63. The highest BCUT2D eigenvalue weighted by molar-refractivity contribution is 8.18. The van der Waals surface area contributed by atoms with Crippen LogP contribution in [0.5, 0.6) is 0 Å². The first kappa shape index (κ1) is 15.0. The molecule has 0 aliphatic carbocycles. The zero-order chi connectivity index (χ0) is 15.9. The molecule has 1 aromatic rings. The molecule has 0 spiro atoms. The van der Waals surface area contributed by atoms with Crippen LogP contribution in [0.2, 0.25) is 0 Å². The lowest BCUT2D eigenvalue weighted by molar-refractivity contribution is -0.403. The zero-order valence-corrected chi connectivity index (χ0v) is 13.7. The molecule has 0 radical (unpaired) electrons. The highest BCUT2D eigenvalue weighted by Gasteiger charge is 2.48. The van der Waals surface area contributed by atoms with Gasteiger partial charge in [-0.05, 0) is 29.3 Å². The molecule has 2 aliphatic rings. The maximum absolute atomic E-state index is 12.2. The van der Waals surface area contributed by atoms with Crippen molar-refractivity contribution in [1.29, 1.82) is 0 Å². The average molecular weight is 336 g/mol. The van der Waals surface area contributed by atoms with Crippen LogP contribution in [0.1, 0.15) is 4.88 Å². The van der Waals surface area contributed by atoms with Crippen molar-refractivity contribution < 1.29 is 19.0 Å². The summed E-state index contributed by atoms with van der Waals surface area (Å²) in [5, 5.41) is 5.37. The van der Waals surface area contributed by atoms with Gasteiger partial charge in [-0.3, -0.25) is 4.79 Å². The van der Waals surface area contributed by atoms with E-state index >= 15 is 0 Å². The largest absolute Gasteiger partial charge is 0.500 e. The molecule has 6 nitrogen and oxygen atoms in total. The molecule has 2 aliphatic heterocycles. The Hall–Kier alpha value is -1.93. The fourth-order valence-electron chi connectivity index (χ4n) is 2.30. The highest BCUT2D eigenvalue weighted by Crippen LogP contribution is 2.35. The average Bonchev–Trinajstić information content (AvgIpc) is 3.17. The summed E-state index contributed by atoms with van der Waals surface area (Å²) in [4.78, 5) is 38.9. The third-order valence-electron chi connectivity index (χ3n) is 3.53. The molecule has 1 aromatic heterocycles. The summed E-state index contributed by atoms with van der Waals surface area (Å²) < 4.78 is 1.42. The highest BCUT2D eigenvalue weighted by atomic mass is 32.2. The normalized spacial score (nSPS) is 21.1. The van der Waals surface area contributed by atoms with Gasteiger partial charge in [0.1, 0.15) is 5.92 Å². The van der Waals surface area contributed by atoms with E-state index in [1.54, 1.807) is 24.5 Å². The molecule has 0 aromatic carbocycles. The monoisotopic (exact) mass is 336 g/mol. The van der Waals surface area contributed by atoms with Crippen LogP contribution in [-0.4, -0.2) is 46.5 Å². The Labute approximate surface area is 135 Å². The summed E-state index contributed by atoms with van der Waals surface area (Å²) >= 11 is 2.75. The summed E-state index contributed by atoms with van der Waals surface area (Å²) in [7, 11) is 3.06. The second kappa shape index (κ2) is 5.69. The quantitative estimate of drug-likeness (QED) is 0.844. The number of thioether (sulfide) groups is 1. The number of carbonyl (C=O) groups excluding carboxylic acids is 3. The molecule has 0 saturated carbocycles. The Kier molecular flexibility index (Phi) is 3.88. The molecule has 3 heterocycles. The third kappa shape index (κ3) is 2.48. The molecule has 3 rings (SSSR count). The van der Waals surface area contributed by atoms with Gasteiger partial charge in [0.2, 0.25) is 0 Å². The van der Waals surface area contributed by atoms with Crippen LogP contribution in [0.3, 0.4) is 0 Å². The number of rotatable bonds is 3. The third-order valence-corrected chi connectivity index (χ3v) is 5.68. The molecule has 114 valence electrons. The number of urea groups is 1. The van der Waals surface area contributed by atoms with Crippen molar-refractivity contribution in [3.8, 4) is 0 Å². The summed E-state index contributed by atoms with van der Waals surface area (Å²) in [6, 6.07) is 3.49. The molecule has 22 heavy (non-hydrogen) atoms. The van der Waals surface area contributed by atoms with Crippen molar-refractivity contribution in [2.24, 2.45) is 5.92 Å². The Morgan fingerprint density at radius 2 is 2.23 bits per heavy atom. The summed E-state index contributed by atoms with van der Waals surface area (Å²) in [5.41, 5.74) is 0. The number of hydrogen-bond acceptors (Lipinski definition) is 5. The molecule has 8 heteroatoms. The lowest BCUT2D eigenvalue weighted by atomic mass is 10.1. The van der Waals surface area contributed by atoms with E-state index in [0.29, 0.717) is 16.5 Å².